The summed E-state index contributed by atoms with van der Waals surface area (Å²) in [5, 5.41) is 21.3. The van der Waals surface area contributed by atoms with Gasteiger partial charge in [-0.2, -0.15) is 0 Å². The lowest BCUT2D eigenvalue weighted by molar-refractivity contribution is -0.145. The minimum Gasteiger partial charge on any atom is -0.467 e. The number of nitrogens with zero attached hydrogens (tertiary/aromatic N) is 1. The molecular formula is C50H84N6O17. The molecule has 73 heavy (non-hydrogen) atoms. The Kier molecular flexibility index (Phi) is 27.2. The van der Waals surface area contributed by atoms with Crippen LogP contribution in [0.25, 0.3) is 0 Å². The summed E-state index contributed by atoms with van der Waals surface area (Å²) in [5.74, 6) is -3.71. The quantitative estimate of drug-likeness (QED) is 0.0478. The van der Waals surface area contributed by atoms with Gasteiger partial charge in [-0.25, -0.2) is 24.0 Å². The highest BCUT2D eigenvalue weighted by Crippen LogP contribution is 2.65. The molecule has 7 atom stereocenters. The number of carbonyl (C=O) groups is 9. The van der Waals surface area contributed by atoms with Crippen LogP contribution in [0.3, 0.4) is 0 Å². The van der Waals surface area contributed by atoms with Crippen LogP contribution in [-0.4, -0.2) is 171 Å². The Morgan fingerprint density at radius 3 is 1.84 bits per heavy atom. The fraction of sp³-hybridized carbons (Fsp3) is 0.740. The zero-order chi connectivity index (χ0) is 55.9. The Labute approximate surface area is 430 Å². The number of alkyl carbamates (subject to hydrolysis) is 3. The van der Waals surface area contributed by atoms with Crippen molar-refractivity contribution in [3.05, 3.63) is 25.3 Å². The number of amides is 6. The molecule has 23 nitrogen and oxygen atoms in total. The molecule has 0 aromatic rings. The molecular weight excluding hydrogens is 957 g/mol. The van der Waals surface area contributed by atoms with Gasteiger partial charge in [-0.1, -0.05) is 51.7 Å². The van der Waals surface area contributed by atoms with Gasteiger partial charge in [0.2, 0.25) is 17.6 Å². The molecule has 6 amide bonds. The van der Waals surface area contributed by atoms with Crippen LogP contribution in [0.15, 0.2) is 25.3 Å². The lowest BCUT2D eigenvalue weighted by Crippen LogP contribution is -2.59. The van der Waals surface area contributed by atoms with Gasteiger partial charge in [-0.05, 0) is 92.4 Å². The summed E-state index contributed by atoms with van der Waals surface area (Å²) in [6.07, 6.45) is 5.20. The molecule has 0 radical (unpaired) electrons. The van der Waals surface area contributed by atoms with Crippen LogP contribution in [0.4, 0.5) is 14.4 Å². The largest absolute Gasteiger partial charge is 0.467 e. The second kappa shape index (κ2) is 30.4. The number of Topliss-reactive ketones (excluding diaryl/α,β-unsaturated/α-hetero) is 1. The summed E-state index contributed by atoms with van der Waals surface area (Å²) < 4.78 is 35.1. The summed E-state index contributed by atoms with van der Waals surface area (Å²) in [7, 11) is 2.40. The van der Waals surface area contributed by atoms with Gasteiger partial charge in [-0.15, -0.1) is 13.2 Å². The molecule has 3 rings (SSSR count). The van der Waals surface area contributed by atoms with Crippen LogP contribution in [-0.2, 0) is 61.9 Å². The lowest BCUT2D eigenvalue weighted by Gasteiger charge is -2.34. The average Bonchev–Trinajstić information content (AvgIpc) is 3.56. The smallest absolute Gasteiger partial charge is 0.408 e. The van der Waals surface area contributed by atoms with Crippen molar-refractivity contribution >= 4 is 53.7 Å². The van der Waals surface area contributed by atoms with Gasteiger partial charge in [-0.3, -0.25) is 19.2 Å². The molecule has 0 unspecified atom stereocenters. The number of hydrogen-bond acceptors (Lipinski definition) is 17. The normalized spacial score (nSPS) is 21.8. The second-order valence-electron chi connectivity index (χ2n) is 21.1. The zero-order valence-corrected chi connectivity index (χ0v) is 45.2. The molecule has 2 aliphatic heterocycles. The number of nitrogens with one attached hydrogen (secondary N) is 5. The SMILES string of the molecule is C=CCNC(=O)C(=O)[C@@H]1CCCCCCCOC[C@H](NC(=O)OC(C)(C)C)C(=O)N2C[C@H]3[C@@H]([C@H]2C(=O)N1)C3(C)C.C=CCOC[C@H](NC(=O)OC(C)(C)C)C(=O)OC.COC(=O)[C@H](CO)NC(=O)OC(C)(C)C. The highest BCUT2D eigenvalue weighted by Gasteiger charge is 2.69. The van der Waals surface area contributed by atoms with Gasteiger partial charge in [0.1, 0.15) is 28.9 Å². The third kappa shape index (κ3) is 24.2. The molecule has 6 N–H and O–H groups in total. The fourth-order valence-electron chi connectivity index (χ4n) is 7.66. The van der Waals surface area contributed by atoms with Gasteiger partial charge in [0.05, 0.1) is 46.7 Å². The maximum Gasteiger partial charge on any atom is 0.408 e. The first kappa shape index (κ1) is 65.2. The van der Waals surface area contributed by atoms with Crippen LogP contribution in [0.1, 0.15) is 115 Å². The summed E-state index contributed by atoms with van der Waals surface area (Å²) in [5.41, 5.74) is -2.20. The van der Waals surface area contributed by atoms with Crippen molar-refractivity contribution in [3.63, 3.8) is 0 Å². The number of esters is 2. The molecule has 2 heterocycles. The van der Waals surface area contributed by atoms with Gasteiger partial charge in [0, 0.05) is 19.7 Å². The molecule has 1 saturated carbocycles. The van der Waals surface area contributed by atoms with Crippen molar-refractivity contribution in [2.24, 2.45) is 17.3 Å². The van der Waals surface area contributed by atoms with E-state index in [0.717, 1.165) is 25.7 Å². The van der Waals surface area contributed by atoms with E-state index in [1.165, 1.54) is 25.2 Å². The van der Waals surface area contributed by atoms with Crippen molar-refractivity contribution in [1.82, 2.24) is 31.5 Å². The molecule has 23 heteroatoms. The van der Waals surface area contributed by atoms with Crippen molar-refractivity contribution in [2.75, 3.05) is 60.3 Å². The molecule has 416 valence electrons. The van der Waals surface area contributed by atoms with Crippen molar-refractivity contribution in [3.8, 4) is 0 Å². The number of rotatable bonds is 14. The van der Waals surface area contributed by atoms with E-state index in [1.54, 1.807) is 68.4 Å². The average molecular weight is 1040 g/mol. The van der Waals surface area contributed by atoms with Gasteiger partial charge in [0.25, 0.3) is 5.91 Å². The number of aliphatic hydroxyl groups is 1. The van der Waals surface area contributed by atoms with Gasteiger partial charge < -0.3 is 69.7 Å². The predicted octanol–water partition coefficient (Wildman–Crippen LogP) is 3.39. The first-order valence-electron chi connectivity index (χ1n) is 24.4. The molecule has 3 aliphatic rings. The van der Waals surface area contributed by atoms with Crippen LogP contribution < -0.4 is 26.6 Å². The lowest BCUT2D eigenvalue weighted by atomic mass is 9.98. The first-order valence-corrected chi connectivity index (χ1v) is 24.4. The van der Waals surface area contributed by atoms with E-state index in [2.05, 4.69) is 63.1 Å². The second-order valence-corrected chi connectivity index (χ2v) is 21.1. The summed E-state index contributed by atoms with van der Waals surface area (Å²) in [6.45, 7) is 27.2. The standard InChI is InChI=1S/C29H46N4O7.C12H21NO5.C9H17NO5/c1-7-14-30-25(36)23(34)19-13-11-9-8-10-12-15-39-17-20(32-27(38)40-28(2,3)4)26(37)33-16-18-21(29(18,5)6)22(33)24(35)31-19;1-6-7-17-8-9(10(14)16-5)13-11(15)18-12(2,3)4;1-9(2,3)15-8(13)10-6(5-11)7(12)14-4/h7,18-22H,1,8-17H2,2-6H3,(H,30,36)(H,31,35)(H,32,38);6,9H,1,7-8H2,2-5H3,(H,13,15);6,11H,5H2,1-4H3,(H,10,13)/t18-,19-,20-,21-,22-;9-;6-/m000/s1. The number of hydrogen-bond donors (Lipinski definition) is 6. The predicted molar refractivity (Wildman–Crippen MR) is 267 cm³/mol. The zero-order valence-electron chi connectivity index (χ0n) is 45.2. The van der Waals surface area contributed by atoms with Crippen LogP contribution >= 0.6 is 0 Å². The summed E-state index contributed by atoms with van der Waals surface area (Å²) in [4.78, 5) is 112. The Morgan fingerprint density at radius 2 is 1.32 bits per heavy atom. The van der Waals surface area contributed by atoms with E-state index in [-0.39, 0.29) is 43.6 Å². The summed E-state index contributed by atoms with van der Waals surface area (Å²) >= 11 is 0. The van der Waals surface area contributed by atoms with Crippen LogP contribution in [0, 0.1) is 17.3 Å². The minimum absolute atomic E-state index is 0.00205. The molecule has 0 aromatic heterocycles. The van der Waals surface area contributed by atoms with Crippen molar-refractivity contribution < 1.29 is 81.4 Å². The Balaban J connectivity index is 0.000000665. The molecule has 2 saturated heterocycles. The third-order valence-electron chi connectivity index (χ3n) is 11.1. The molecule has 0 spiro atoms. The molecule has 1 aliphatic carbocycles. The maximum atomic E-state index is 13.8. The summed E-state index contributed by atoms with van der Waals surface area (Å²) in [6, 6.07) is -4.87. The van der Waals surface area contributed by atoms with E-state index in [9.17, 15) is 43.2 Å². The number of carbonyl (C=O) groups excluding carboxylic acids is 9. The van der Waals surface area contributed by atoms with E-state index in [0.29, 0.717) is 26.0 Å². The Hall–Kier alpha value is -5.81. The van der Waals surface area contributed by atoms with Crippen LogP contribution in [0.5, 0.6) is 0 Å². The van der Waals surface area contributed by atoms with Crippen molar-refractivity contribution in [2.45, 2.75) is 162 Å². The topological polar surface area (TPSA) is 302 Å². The first-order chi connectivity index (χ1) is 33.9. The van der Waals surface area contributed by atoms with E-state index in [4.69, 9.17) is 28.8 Å². The number of ketones is 1. The number of ether oxygens (including phenoxy) is 7. The number of piperidine rings is 1. The third-order valence-corrected chi connectivity index (χ3v) is 11.1. The van der Waals surface area contributed by atoms with E-state index >= 15 is 0 Å². The van der Waals surface area contributed by atoms with Crippen molar-refractivity contribution in [1.29, 1.82) is 0 Å². The highest BCUT2D eigenvalue weighted by molar-refractivity contribution is 6.38. The maximum absolute atomic E-state index is 13.8. The molecule has 0 aromatic carbocycles. The highest BCUT2D eigenvalue weighted by atomic mass is 16.6. The Bertz CT molecular complexity index is 1890. The Morgan fingerprint density at radius 1 is 0.795 bits per heavy atom. The van der Waals surface area contributed by atoms with E-state index < -0.39 is 107 Å². The molecule has 0 bridgehead atoms. The number of aliphatic hydroxyl groups excluding tert-OH is 1. The number of methoxy groups -OCH3 is 2. The molecule has 3 fully saturated rings. The van der Waals surface area contributed by atoms with Gasteiger partial charge in [0.15, 0.2) is 12.1 Å². The monoisotopic (exact) mass is 1040 g/mol. The number of fused-ring (bicyclic) bond motifs is 3. The van der Waals surface area contributed by atoms with Gasteiger partial charge >= 0.3 is 30.2 Å². The van der Waals surface area contributed by atoms with Crippen LogP contribution in [0.2, 0.25) is 0 Å². The van der Waals surface area contributed by atoms with E-state index in [1.807, 2.05) is 0 Å². The minimum atomic E-state index is -1.09. The fourth-order valence-corrected chi connectivity index (χ4v) is 7.66.